The second-order valence-electron chi connectivity index (χ2n) is 5.09. The lowest BCUT2D eigenvalue weighted by Crippen LogP contribution is -2.23. The van der Waals surface area contributed by atoms with E-state index in [4.69, 9.17) is 9.78 Å². The number of hydrogen-bond donors (Lipinski definition) is 1. The highest BCUT2D eigenvalue weighted by Gasteiger charge is 2.18. The predicted molar refractivity (Wildman–Crippen MR) is 77.1 cm³/mol. The van der Waals surface area contributed by atoms with Crippen molar-refractivity contribution in [2.24, 2.45) is 0 Å². The molecule has 2 atom stereocenters. The standard InChI is InChI=1S/C16H19N3O/c1-10(15-7-5-6-14(8-15)9-17)18-11(2)16-12(3)19-20-13(16)4/h5-8,10-11,18H,1-4H3. The molecule has 104 valence electrons. The summed E-state index contributed by atoms with van der Waals surface area (Å²) < 4.78 is 5.21. The zero-order valence-electron chi connectivity index (χ0n) is 12.3. The maximum atomic E-state index is 8.96. The molecular formula is C16H19N3O. The molecule has 0 fully saturated rings. The summed E-state index contributed by atoms with van der Waals surface area (Å²) in [5.41, 5.74) is 3.80. The van der Waals surface area contributed by atoms with Crippen molar-refractivity contribution in [1.82, 2.24) is 10.5 Å². The fraction of sp³-hybridized carbons (Fsp3) is 0.375. The fourth-order valence-electron chi connectivity index (χ4n) is 2.54. The molecule has 1 aromatic heterocycles. The van der Waals surface area contributed by atoms with Gasteiger partial charge >= 0.3 is 0 Å². The maximum absolute atomic E-state index is 8.96. The summed E-state index contributed by atoms with van der Waals surface area (Å²) in [6.07, 6.45) is 0. The van der Waals surface area contributed by atoms with Gasteiger partial charge in [-0.1, -0.05) is 17.3 Å². The molecule has 1 heterocycles. The molecule has 0 radical (unpaired) electrons. The predicted octanol–water partition coefficient (Wildman–Crippen LogP) is 3.57. The van der Waals surface area contributed by atoms with Crippen LogP contribution in [-0.4, -0.2) is 5.16 Å². The van der Waals surface area contributed by atoms with Gasteiger partial charge in [-0.15, -0.1) is 0 Å². The Morgan fingerprint density at radius 1 is 1.25 bits per heavy atom. The molecule has 4 nitrogen and oxygen atoms in total. The van der Waals surface area contributed by atoms with Crippen LogP contribution in [0.3, 0.4) is 0 Å². The molecule has 1 N–H and O–H groups in total. The van der Waals surface area contributed by atoms with Crippen molar-refractivity contribution in [3.63, 3.8) is 0 Å². The van der Waals surface area contributed by atoms with Gasteiger partial charge in [0.2, 0.25) is 0 Å². The van der Waals surface area contributed by atoms with E-state index < -0.39 is 0 Å². The number of nitriles is 1. The molecule has 0 aliphatic heterocycles. The second-order valence-corrected chi connectivity index (χ2v) is 5.09. The van der Waals surface area contributed by atoms with Gasteiger partial charge in [-0.25, -0.2) is 0 Å². The van der Waals surface area contributed by atoms with Gasteiger partial charge in [-0.2, -0.15) is 5.26 Å². The zero-order chi connectivity index (χ0) is 14.7. The van der Waals surface area contributed by atoms with Gasteiger partial charge in [0.15, 0.2) is 0 Å². The van der Waals surface area contributed by atoms with E-state index >= 15 is 0 Å². The lowest BCUT2D eigenvalue weighted by molar-refractivity contribution is 0.389. The van der Waals surface area contributed by atoms with Gasteiger partial charge in [0.1, 0.15) is 5.76 Å². The summed E-state index contributed by atoms with van der Waals surface area (Å²) in [7, 11) is 0. The van der Waals surface area contributed by atoms with Gasteiger partial charge < -0.3 is 9.84 Å². The minimum Gasteiger partial charge on any atom is -0.361 e. The van der Waals surface area contributed by atoms with Gasteiger partial charge in [0, 0.05) is 17.6 Å². The van der Waals surface area contributed by atoms with E-state index in [0.717, 1.165) is 22.6 Å². The Hall–Kier alpha value is -2.12. The van der Waals surface area contributed by atoms with Gasteiger partial charge in [0.25, 0.3) is 0 Å². The van der Waals surface area contributed by atoms with Gasteiger partial charge in [0.05, 0.1) is 17.3 Å². The van der Waals surface area contributed by atoms with Crippen LogP contribution in [0.4, 0.5) is 0 Å². The number of aromatic nitrogens is 1. The van der Waals surface area contributed by atoms with E-state index in [0.29, 0.717) is 5.56 Å². The third-order valence-electron chi connectivity index (χ3n) is 3.54. The summed E-state index contributed by atoms with van der Waals surface area (Å²) in [6, 6.07) is 10.1. The second kappa shape index (κ2) is 5.89. The first kappa shape index (κ1) is 14.3. The zero-order valence-corrected chi connectivity index (χ0v) is 12.3. The maximum Gasteiger partial charge on any atom is 0.138 e. The van der Waals surface area contributed by atoms with Crippen LogP contribution in [0.2, 0.25) is 0 Å². The summed E-state index contributed by atoms with van der Waals surface area (Å²) in [4.78, 5) is 0. The van der Waals surface area contributed by atoms with E-state index in [-0.39, 0.29) is 12.1 Å². The molecule has 4 heteroatoms. The number of benzene rings is 1. The molecular weight excluding hydrogens is 250 g/mol. The first-order valence-electron chi connectivity index (χ1n) is 6.71. The summed E-state index contributed by atoms with van der Waals surface area (Å²) in [5.74, 6) is 0.848. The van der Waals surface area contributed by atoms with Crippen LogP contribution in [-0.2, 0) is 0 Å². The molecule has 2 unspecified atom stereocenters. The largest absolute Gasteiger partial charge is 0.361 e. The Bertz CT molecular complexity index is 620. The van der Waals surface area contributed by atoms with Crippen LogP contribution < -0.4 is 5.32 Å². The lowest BCUT2D eigenvalue weighted by atomic mass is 10.0. The van der Waals surface area contributed by atoms with Crippen molar-refractivity contribution in [2.45, 2.75) is 39.8 Å². The van der Waals surface area contributed by atoms with E-state index in [1.807, 2.05) is 38.1 Å². The minimum absolute atomic E-state index is 0.141. The molecule has 0 aliphatic carbocycles. The van der Waals surface area contributed by atoms with E-state index in [9.17, 15) is 0 Å². The quantitative estimate of drug-likeness (QED) is 0.921. The van der Waals surface area contributed by atoms with Crippen molar-refractivity contribution >= 4 is 0 Å². The van der Waals surface area contributed by atoms with Gasteiger partial charge in [-0.3, -0.25) is 0 Å². The van der Waals surface area contributed by atoms with Crippen LogP contribution >= 0.6 is 0 Å². The number of aryl methyl sites for hydroxylation is 2. The third-order valence-corrected chi connectivity index (χ3v) is 3.54. The molecule has 0 saturated heterocycles. The molecule has 0 bridgehead atoms. The monoisotopic (exact) mass is 269 g/mol. The smallest absolute Gasteiger partial charge is 0.138 e. The number of nitrogens with one attached hydrogen (secondary N) is 1. The van der Waals surface area contributed by atoms with Crippen LogP contribution in [0.1, 0.15) is 54.1 Å². The highest BCUT2D eigenvalue weighted by molar-refractivity contribution is 5.34. The summed E-state index contributed by atoms with van der Waals surface area (Å²) in [6.45, 7) is 8.06. The number of hydrogen-bond acceptors (Lipinski definition) is 4. The Morgan fingerprint density at radius 3 is 2.60 bits per heavy atom. The normalized spacial score (nSPS) is 13.8. The van der Waals surface area contributed by atoms with Crippen LogP contribution in [0.25, 0.3) is 0 Å². The lowest BCUT2D eigenvalue weighted by Gasteiger charge is -2.20. The Labute approximate surface area is 119 Å². The van der Waals surface area contributed by atoms with Crippen LogP contribution in [0.15, 0.2) is 28.8 Å². The topological polar surface area (TPSA) is 61.9 Å². The molecule has 2 aromatic rings. The van der Waals surface area contributed by atoms with Crippen LogP contribution in [0.5, 0.6) is 0 Å². The van der Waals surface area contributed by atoms with E-state index in [2.05, 4.69) is 30.4 Å². The molecule has 0 aliphatic rings. The van der Waals surface area contributed by atoms with Crippen molar-refractivity contribution in [3.05, 3.63) is 52.4 Å². The first-order valence-corrected chi connectivity index (χ1v) is 6.71. The van der Waals surface area contributed by atoms with E-state index in [1.54, 1.807) is 0 Å². The molecule has 0 saturated carbocycles. The Morgan fingerprint density at radius 2 is 2.00 bits per heavy atom. The highest BCUT2D eigenvalue weighted by Crippen LogP contribution is 2.24. The SMILES string of the molecule is Cc1noc(C)c1C(C)NC(C)c1cccc(C#N)c1. The molecule has 1 aromatic carbocycles. The van der Waals surface area contributed by atoms with Crippen LogP contribution in [0, 0.1) is 25.2 Å². The average Bonchev–Trinajstić information content (AvgIpc) is 2.78. The number of rotatable bonds is 4. The molecule has 0 spiro atoms. The Kier molecular flexibility index (Phi) is 4.21. The van der Waals surface area contributed by atoms with E-state index in [1.165, 1.54) is 0 Å². The number of nitrogens with zero attached hydrogens (tertiary/aromatic N) is 2. The first-order chi connectivity index (χ1) is 9.52. The Balaban J connectivity index is 2.15. The van der Waals surface area contributed by atoms with Crippen molar-refractivity contribution in [2.75, 3.05) is 0 Å². The molecule has 20 heavy (non-hydrogen) atoms. The highest BCUT2D eigenvalue weighted by atomic mass is 16.5. The average molecular weight is 269 g/mol. The van der Waals surface area contributed by atoms with Crippen molar-refractivity contribution in [1.29, 1.82) is 5.26 Å². The fourth-order valence-corrected chi connectivity index (χ4v) is 2.54. The van der Waals surface area contributed by atoms with Gasteiger partial charge in [-0.05, 0) is 45.4 Å². The van der Waals surface area contributed by atoms with Crippen molar-refractivity contribution < 1.29 is 4.52 Å². The minimum atomic E-state index is 0.141. The summed E-state index contributed by atoms with van der Waals surface area (Å²) >= 11 is 0. The molecule has 0 amide bonds. The summed E-state index contributed by atoms with van der Waals surface area (Å²) in [5, 5.41) is 16.5. The molecule has 2 rings (SSSR count). The van der Waals surface area contributed by atoms with Crippen molar-refractivity contribution in [3.8, 4) is 6.07 Å². The third kappa shape index (κ3) is 2.89.